The molecule has 0 atom stereocenters. The highest BCUT2D eigenvalue weighted by Gasteiger charge is 2.12. The Hall–Kier alpha value is -2.95. The summed E-state index contributed by atoms with van der Waals surface area (Å²) in [6.45, 7) is 0. The van der Waals surface area contributed by atoms with Crippen molar-refractivity contribution >= 4 is 23.0 Å². The average Bonchev–Trinajstić information content (AvgIpc) is 2.29. The Morgan fingerprint density at radius 3 is 2.71 bits per heavy atom. The molecule has 0 heterocycles. The van der Waals surface area contributed by atoms with Crippen molar-refractivity contribution in [2.45, 2.75) is 0 Å². The SMILES string of the molecule is N#CC(=NNc1ccccc1[N+](=O)[O-])C(N)=O. The predicted octanol–water partition coefficient (Wildman–Crippen LogP) is 0.372. The van der Waals surface area contributed by atoms with Crippen LogP contribution in [-0.4, -0.2) is 16.5 Å². The first-order valence-corrected chi connectivity index (χ1v) is 4.33. The van der Waals surface area contributed by atoms with Gasteiger partial charge in [-0.2, -0.15) is 10.4 Å². The summed E-state index contributed by atoms with van der Waals surface area (Å²) in [5.74, 6) is -1.02. The number of nitrogens with one attached hydrogen (secondary N) is 1. The molecule has 0 bridgehead atoms. The number of amides is 1. The quantitative estimate of drug-likeness (QED) is 0.440. The number of hydrogen-bond acceptors (Lipinski definition) is 6. The minimum atomic E-state index is -1.02. The minimum absolute atomic E-state index is 0.0616. The Kier molecular flexibility index (Phi) is 3.72. The van der Waals surface area contributed by atoms with Gasteiger partial charge in [0, 0.05) is 6.07 Å². The van der Waals surface area contributed by atoms with Gasteiger partial charge in [0.15, 0.2) is 0 Å². The standard InChI is InChI=1S/C9H7N5O3/c10-5-7(9(11)15)13-12-6-3-1-2-4-8(6)14(16)17/h1-4,12H,(H2,11,15). The molecule has 0 saturated heterocycles. The molecule has 0 unspecified atom stereocenters. The van der Waals surface area contributed by atoms with Crippen molar-refractivity contribution in [3.05, 3.63) is 34.4 Å². The van der Waals surface area contributed by atoms with Crippen molar-refractivity contribution < 1.29 is 9.72 Å². The molecule has 0 aliphatic heterocycles. The summed E-state index contributed by atoms with van der Waals surface area (Å²) in [7, 11) is 0. The second-order valence-corrected chi connectivity index (χ2v) is 2.82. The fourth-order valence-corrected chi connectivity index (χ4v) is 0.979. The zero-order valence-electron chi connectivity index (χ0n) is 8.45. The molecule has 1 amide bonds. The molecule has 0 aliphatic carbocycles. The van der Waals surface area contributed by atoms with E-state index in [1.807, 2.05) is 0 Å². The van der Waals surface area contributed by atoms with E-state index in [4.69, 9.17) is 11.0 Å². The van der Waals surface area contributed by atoms with Crippen molar-refractivity contribution in [2.75, 3.05) is 5.43 Å². The molecule has 1 rings (SSSR count). The molecular weight excluding hydrogens is 226 g/mol. The van der Waals surface area contributed by atoms with Crippen molar-refractivity contribution in [3.8, 4) is 6.07 Å². The lowest BCUT2D eigenvalue weighted by molar-refractivity contribution is -0.384. The van der Waals surface area contributed by atoms with E-state index < -0.39 is 16.5 Å². The number of nitrogens with two attached hydrogens (primary N) is 1. The van der Waals surface area contributed by atoms with E-state index in [2.05, 4.69) is 10.5 Å². The fraction of sp³-hybridized carbons (Fsp3) is 0. The lowest BCUT2D eigenvalue weighted by Gasteiger charge is -2.01. The summed E-state index contributed by atoms with van der Waals surface area (Å²) >= 11 is 0. The molecule has 0 radical (unpaired) electrons. The molecular formula is C9H7N5O3. The average molecular weight is 233 g/mol. The summed E-state index contributed by atoms with van der Waals surface area (Å²) in [5, 5.41) is 22.5. The number of rotatable bonds is 4. The largest absolute Gasteiger partial charge is 0.364 e. The van der Waals surface area contributed by atoms with Crippen LogP contribution in [0.3, 0.4) is 0 Å². The highest BCUT2D eigenvalue weighted by Crippen LogP contribution is 2.22. The third kappa shape index (κ3) is 3.00. The smallest absolute Gasteiger partial charge is 0.294 e. The molecule has 17 heavy (non-hydrogen) atoms. The molecule has 8 nitrogen and oxygen atoms in total. The van der Waals surface area contributed by atoms with Gasteiger partial charge in [0.05, 0.1) is 4.92 Å². The second-order valence-electron chi connectivity index (χ2n) is 2.82. The Balaban J connectivity index is 3.01. The Bertz CT molecular complexity index is 532. The van der Waals surface area contributed by atoms with Crippen LogP contribution in [0, 0.1) is 21.4 Å². The summed E-state index contributed by atoms with van der Waals surface area (Å²) in [4.78, 5) is 20.7. The number of nitriles is 1. The van der Waals surface area contributed by atoms with Crippen LogP contribution in [0.2, 0.25) is 0 Å². The number of primary amides is 1. The number of nitrogens with zero attached hydrogens (tertiary/aromatic N) is 3. The maximum absolute atomic E-state index is 10.7. The summed E-state index contributed by atoms with van der Waals surface area (Å²) in [6, 6.07) is 7.13. The van der Waals surface area contributed by atoms with Gasteiger partial charge >= 0.3 is 0 Å². The van der Waals surface area contributed by atoms with Gasteiger partial charge in [0.2, 0.25) is 5.71 Å². The van der Waals surface area contributed by atoms with Crippen LogP contribution in [0.4, 0.5) is 11.4 Å². The van der Waals surface area contributed by atoms with Gasteiger partial charge in [-0.1, -0.05) is 12.1 Å². The van der Waals surface area contributed by atoms with Crippen LogP contribution < -0.4 is 11.2 Å². The molecule has 0 fully saturated rings. The molecule has 8 heteroatoms. The second kappa shape index (κ2) is 5.22. The third-order valence-electron chi connectivity index (χ3n) is 1.73. The van der Waals surface area contributed by atoms with E-state index in [1.54, 1.807) is 6.07 Å². The number of benzene rings is 1. The maximum Gasteiger partial charge on any atom is 0.294 e. The lowest BCUT2D eigenvalue weighted by atomic mass is 10.3. The Labute approximate surface area is 95.5 Å². The molecule has 3 N–H and O–H groups in total. The van der Waals surface area contributed by atoms with Gasteiger partial charge in [0.25, 0.3) is 11.6 Å². The minimum Gasteiger partial charge on any atom is -0.364 e. The fourth-order valence-electron chi connectivity index (χ4n) is 0.979. The van der Waals surface area contributed by atoms with E-state index in [-0.39, 0.29) is 11.4 Å². The summed E-state index contributed by atoms with van der Waals surface area (Å²) in [6.07, 6.45) is 0. The van der Waals surface area contributed by atoms with Gasteiger partial charge in [-0.3, -0.25) is 20.3 Å². The van der Waals surface area contributed by atoms with Crippen LogP contribution in [0.1, 0.15) is 0 Å². The number of nitro benzene ring substituents is 1. The molecule has 0 aromatic heterocycles. The van der Waals surface area contributed by atoms with E-state index in [0.29, 0.717) is 0 Å². The van der Waals surface area contributed by atoms with Crippen LogP contribution >= 0.6 is 0 Å². The number of nitro groups is 1. The van der Waals surface area contributed by atoms with Crippen molar-refractivity contribution in [1.82, 2.24) is 0 Å². The lowest BCUT2D eigenvalue weighted by Crippen LogP contribution is -2.22. The Morgan fingerprint density at radius 2 is 2.18 bits per heavy atom. The first-order chi connectivity index (χ1) is 8.06. The Morgan fingerprint density at radius 1 is 1.53 bits per heavy atom. The third-order valence-corrected chi connectivity index (χ3v) is 1.73. The monoisotopic (exact) mass is 233 g/mol. The van der Waals surface area contributed by atoms with E-state index in [1.165, 1.54) is 24.3 Å². The zero-order chi connectivity index (χ0) is 12.8. The number of carbonyl (C=O) groups excluding carboxylic acids is 1. The van der Waals surface area contributed by atoms with Gasteiger partial charge in [0.1, 0.15) is 11.8 Å². The predicted molar refractivity (Wildman–Crippen MR) is 59.0 cm³/mol. The maximum atomic E-state index is 10.7. The molecule has 1 aromatic carbocycles. The van der Waals surface area contributed by atoms with Gasteiger partial charge in [-0.05, 0) is 6.07 Å². The van der Waals surface area contributed by atoms with E-state index in [0.717, 1.165) is 0 Å². The normalized spacial score (nSPS) is 10.4. The highest BCUT2D eigenvalue weighted by molar-refractivity contribution is 6.44. The van der Waals surface area contributed by atoms with Crippen LogP contribution in [-0.2, 0) is 4.79 Å². The molecule has 0 saturated carbocycles. The van der Waals surface area contributed by atoms with Gasteiger partial charge in [-0.25, -0.2) is 0 Å². The van der Waals surface area contributed by atoms with Gasteiger partial charge < -0.3 is 5.73 Å². The van der Waals surface area contributed by atoms with Crippen molar-refractivity contribution in [1.29, 1.82) is 5.26 Å². The topological polar surface area (TPSA) is 134 Å². The molecule has 0 aliphatic rings. The zero-order valence-corrected chi connectivity index (χ0v) is 8.45. The number of hydrogen-bond donors (Lipinski definition) is 2. The summed E-state index contributed by atoms with van der Waals surface area (Å²) < 4.78 is 0. The van der Waals surface area contributed by atoms with Crippen LogP contribution in [0.5, 0.6) is 0 Å². The molecule has 86 valence electrons. The van der Waals surface area contributed by atoms with Crippen molar-refractivity contribution in [3.63, 3.8) is 0 Å². The van der Waals surface area contributed by atoms with E-state index >= 15 is 0 Å². The highest BCUT2D eigenvalue weighted by atomic mass is 16.6. The van der Waals surface area contributed by atoms with Crippen LogP contribution in [0.15, 0.2) is 29.4 Å². The van der Waals surface area contributed by atoms with E-state index in [9.17, 15) is 14.9 Å². The van der Waals surface area contributed by atoms with Crippen LogP contribution in [0.25, 0.3) is 0 Å². The summed E-state index contributed by atoms with van der Waals surface area (Å²) in [5.41, 5.74) is 6.36. The first kappa shape index (κ1) is 12.1. The van der Waals surface area contributed by atoms with Gasteiger partial charge in [-0.15, -0.1) is 0 Å². The number of anilines is 1. The number of hydrazone groups is 1. The first-order valence-electron chi connectivity index (χ1n) is 4.33. The number of carbonyl (C=O) groups is 1. The van der Waals surface area contributed by atoms with Crippen molar-refractivity contribution in [2.24, 2.45) is 10.8 Å². The number of para-hydroxylation sites is 2. The molecule has 0 spiro atoms. The molecule has 1 aromatic rings.